The number of halogens is 3. The van der Waals surface area contributed by atoms with Gasteiger partial charge in [0.2, 0.25) is 0 Å². The summed E-state index contributed by atoms with van der Waals surface area (Å²) in [7, 11) is 1.38. The second kappa shape index (κ2) is 5.08. The van der Waals surface area contributed by atoms with E-state index in [9.17, 15) is 18.0 Å². The number of nitrogens with one attached hydrogen (secondary N) is 1. The van der Waals surface area contributed by atoms with Crippen molar-refractivity contribution in [1.82, 2.24) is 25.1 Å². The summed E-state index contributed by atoms with van der Waals surface area (Å²) in [4.78, 5) is 19.9. The summed E-state index contributed by atoms with van der Waals surface area (Å²) in [5.74, 6) is -0.380. The molecule has 0 spiro atoms. The van der Waals surface area contributed by atoms with Crippen LogP contribution in [0.1, 0.15) is 29.0 Å². The van der Waals surface area contributed by atoms with Crippen molar-refractivity contribution >= 4 is 5.91 Å². The second-order valence-corrected chi connectivity index (χ2v) is 5.07. The van der Waals surface area contributed by atoms with E-state index in [2.05, 4.69) is 20.4 Å². The first-order valence-electron chi connectivity index (χ1n) is 6.59. The zero-order valence-electron chi connectivity index (χ0n) is 11.6. The Morgan fingerprint density at radius 3 is 2.68 bits per heavy atom. The molecule has 1 fully saturated rings. The molecule has 1 aliphatic rings. The minimum absolute atomic E-state index is 0.0687. The molecule has 9 heteroatoms. The van der Waals surface area contributed by atoms with Gasteiger partial charge in [-0.05, 0) is 18.9 Å². The molecule has 0 aliphatic heterocycles. The van der Waals surface area contributed by atoms with Gasteiger partial charge >= 0.3 is 6.18 Å². The zero-order valence-corrected chi connectivity index (χ0v) is 11.6. The van der Waals surface area contributed by atoms with E-state index in [4.69, 9.17) is 0 Å². The monoisotopic (exact) mass is 311 g/mol. The van der Waals surface area contributed by atoms with Crippen molar-refractivity contribution < 1.29 is 18.0 Å². The number of carbonyl (C=O) groups excluding carboxylic acids is 1. The number of alkyl halides is 3. The third-order valence-electron chi connectivity index (χ3n) is 3.21. The number of rotatable bonds is 3. The molecule has 22 heavy (non-hydrogen) atoms. The van der Waals surface area contributed by atoms with Gasteiger partial charge in [0.05, 0.1) is 18.1 Å². The maximum absolute atomic E-state index is 12.7. The predicted molar refractivity (Wildman–Crippen MR) is 69.7 cm³/mol. The van der Waals surface area contributed by atoms with Crippen molar-refractivity contribution in [2.45, 2.75) is 25.1 Å². The van der Waals surface area contributed by atoms with Crippen LogP contribution >= 0.6 is 0 Å². The SMILES string of the molecule is Cn1nc(C(F)(F)F)cc1-c1cncc(C(=O)NC2CC2)n1. The number of carbonyl (C=O) groups is 1. The van der Waals surface area contributed by atoms with Crippen LogP contribution in [-0.4, -0.2) is 31.7 Å². The molecular formula is C13H12F3N5O. The average molecular weight is 311 g/mol. The van der Waals surface area contributed by atoms with E-state index in [0.29, 0.717) is 0 Å². The van der Waals surface area contributed by atoms with Gasteiger partial charge in [0.1, 0.15) is 11.4 Å². The summed E-state index contributed by atoms with van der Waals surface area (Å²) in [6.45, 7) is 0. The molecule has 0 aromatic carbocycles. The molecule has 3 rings (SSSR count). The maximum atomic E-state index is 12.7. The van der Waals surface area contributed by atoms with Crippen LogP contribution in [0.3, 0.4) is 0 Å². The molecule has 2 aromatic rings. The summed E-state index contributed by atoms with van der Waals surface area (Å²) >= 11 is 0. The second-order valence-electron chi connectivity index (χ2n) is 5.07. The highest BCUT2D eigenvalue weighted by Crippen LogP contribution is 2.30. The van der Waals surface area contributed by atoms with E-state index in [-0.39, 0.29) is 29.0 Å². The van der Waals surface area contributed by atoms with Crippen LogP contribution in [0.5, 0.6) is 0 Å². The van der Waals surface area contributed by atoms with Gasteiger partial charge in [-0.1, -0.05) is 0 Å². The van der Waals surface area contributed by atoms with Crippen LogP contribution in [0.25, 0.3) is 11.4 Å². The lowest BCUT2D eigenvalue weighted by Gasteiger charge is -2.04. The lowest BCUT2D eigenvalue weighted by molar-refractivity contribution is -0.141. The predicted octanol–water partition coefficient (Wildman–Crippen LogP) is 1.79. The van der Waals surface area contributed by atoms with Crippen molar-refractivity contribution in [1.29, 1.82) is 0 Å². The van der Waals surface area contributed by atoms with Crippen LogP contribution in [0, 0.1) is 0 Å². The molecule has 6 nitrogen and oxygen atoms in total. The third-order valence-corrected chi connectivity index (χ3v) is 3.21. The van der Waals surface area contributed by atoms with E-state index in [1.165, 1.54) is 19.4 Å². The number of nitrogens with zero attached hydrogens (tertiary/aromatic N) is 4. The molecule has 116 valence electrons. The fourth-order valence-electron chi connectivity index (χ4n) is 1.93. The molecule has 1 saturated carbocycles. The maximum Gasteiger partial charge on any atom is 0.435 e. The Labute approximate surface area is 123 Å². The highest BCUT2D eigenvalue weighted by molar-refractivity contribution is 5.92. The number of aryl methyl sites for hydroxylation is 1. The van der Waals surface area contributed by atoms with E-state index in [0.717, 1.165) is 23.6 Å². The Hall–Kier alpha value is -2.45. The fraction of sp³-hybridized carbons (Fsp3) is 0.385. The van der Waals surface area contributed by atoms with Crippen molar-refractivity contribution in [3.8, 4) is 11.4 Å². The molecule has 1 amide bonds. The average Bonchev–Trinajstić information content (AvgIpc) is 3.17. The lowest BCUT2D eigenvalue weighted by Crippen LogP contribution is -2.26. The normalized spacial score (nSPS) is 14.9. The summed E-state index contributed by atoms with van der Waals surface area (Å²) < 4.78 is 39.1. The molecule has 0 radical (unpaired) electrons. The first-order valence-corrected chi connectivity index (χ1v) is 6.59. The summed E-state index contributed by atoms with van der Waals surface area (Å²) in [6, 6.07) is 1.04. The molecule has 1 aliphatic carbocycles. The first kappa shape index (κ1) is 14.5. The number of aromatic nitrogens is 4. The van der Waals surface area contributed by atoms with Crippen molar-refractivity contribution in [2.24, 2.45) is 7.05 Å². The van der Waals surface area contributed by atoms with Gasteiger partial charge in [-0.2, -0.15) is 18.3 Å². The Morgan fingerprint density at radius 2 is 2.09 bits per heavy atom. The highest BCUT2D eigenvalue weighted by Gasteiger charge is 2.35. The zero-order chi connectivity index (χ0) is 15.9. The largest absolute Gasteiger partial charge is 0.435 e. The Kier molecular flexibility index (Phi) is 3.34. The van der Waals surface area contributed by atoms with Crippen molar-refractivity contribution in [3.63, 3.8) is 0 Å². The van der Waals surface area contributed by atoms with Gasteiger partial charge in [-0.3, -0.25) is 14.5 Å². The van der Waals surface area contributed by atoms with E-state index >= 15 is 0 Å². The van der Waals surface area contributed by atoms with Gasteiger partial charge in [0, 0.05) is 13.1 Å². The topological polar surface area (TPSA) is 72.7 Å². The fourth-order valence-corrected chi connectivity index (χ4v) is 1.93. The molecule has 0 bridgehead atoms. The van der Waals surface area contributed by atoms with Crippen LogP contribution in [0.15, 0.2) is 18.5 Å². The minimum atomic E-state index is -4.54. The Balaban J connectivity index is 1.91. The Morgan fingerprint density at radius 1 is 1.36 bits per heavy atom. The molecule has 2 heterocycles. The Bertz CT molecular complexity index is 721. The minimum Gasteiger partial charge on any atom is -0.348 e. The molecule has 1 N–H and O–H groups in total. The summed E-state index contributed by atoms with van der Waals surface area (Å²) in [5, 5.41) is 6.16. The summed E-state index contributed by atoms with van der Waals surface area (Å²) in [6.07, 6.45) is -0.108. The van der Waals surface area contributed by atoms with Gasteiger partial charge in [0.25, 0.3) is 5.91 Å². The summed E-state index contributed by atoms with van der Waals surface area (Å²) in [5.41, 5.74) is -0.645. The first-order chi connectivity index (χ1) is 10.3. The number of hydrogen-bond acceptors (Lipinski definition) is 4. The van der Waals surface area contributed by atoms with Gasteiger partial charge in [0.15, 0.2) is 5.69 Å². The molecule has 0 saturated heterocycles. The van der Waals surface area contributed by atoms with Gasteiger partial charge < -0.3 is 5.32 Å². The quantitative estimate of drug-likeness (QED) is 0.938. The lowest BCUT2D eigenvalue weighted by atomic mass is 10.2. The molecule has 2 aromatic heterocycles. The molecular weight excluding hydrogens is 299 g/mol. The van der Waals surface area contributed by atoms with Crippen LogP contribution in [0.2, 0.25) is 0 Å². The van der Waals surface area contributed by atoms with E-state index < -0.39 is 11.9 Å². The van der Waals surface area contributed by atoms with Crippen LogP contribution in [0.4, 0.5) is 13.2 Å². The van der Waals surface area contributed by atoms with Crippen LogP contribution < -0.4 is 5.32 Å². The number of amides is 1. The third kappa shape index (κ3) is 2.92. The van der Waals surface area contributed by atoms with Gasteiger partial charge in [-0.25, -0.2) is 4.98 Å². The molecule has 0 atom stereocenters. The van der Waals surface area contributed by atoms with Crippen LogP contribution in [-0.2, 0) is 13.2 Å². The smallest absolute Gasteiger partial charge is 0.348 e. The van der Waals surface area contributed by atoms with E-state index in [1.807, 2.05) is 0 Å². The van der Waals surface area contributed by atoms with Gasteiger partial charge in [-0.15, -0.1) is 0 Å². The molecule has 0 unspecified atom stereocenters. The van der Waals surface area contributed by atoms with E-state index in [1.54, 1.807) is 0 Å². The standard InChI is InChI=1S/C13H12F3N5O/c1-21-10(4-11(20-21)13(14,15)16)8-5-17-6-9(19-8)12(22)18-7-2-3-7/h4-7H,2-3H2,1H3,(H,18,22). The highest BCUT2D eigenvalue weighted by atomic mass is 19.4. The number of hydrogen-bond donors (Lipinski definition) is 1. The van der Waals surface area contributed by atoms with Crippen molar-refractivity contribution in [2.75, 3.05) is 0 Å². The van der Waals surface area contributed by atoms with Crippen molar-refractivity contribution in [3.05, 3.63) is 29.8 Å².